The molecule has 1 fully saturated rings. The van der Waals surface area contributed by atoms with Gasteiger partial charge in [-0.2, -0.15) is 0 Å². The van der Waals surface area contributed by atoms with Gasteiger partial charge in [-0.05, 0) is 27.7 Å². The molecule has 0 aliphatic carbocycles. The number of likely N-dealkylation sites (tertiary alicyclic amines) is 1. The van der Waals surface area contributed by atoms with Crippen LogP contribution in [-0.2, 0) is 9.53 Å². The summed E-state index contributed by atoms with van der Waals surface area (Å²) in [4.78, 5) is 37.4. The fraction of sp³-hybridized carbons (Fsp3) is 0.800. The summed E-state index contributed by atoms with van der Waals surface area (Å²) in [7, 11) is 1.57. The lowest BCUT2D eigenvalue weighted by molar-refractivity contribution is -0.124. The largest absolute Gasteiger partial charge is 0.378 e. The van der Waals surface area contributed by atoms with Crippen LogP contribution in [0.3, 0.4) is 0 Å². The van der Waals surface area contributed by atoms with Gasteiger partial charge in [0.25, 0.3) is 0 Å². The molecule has 4 N–H and O–H groups in total. The lowest BCUT2D eigenvalue weighted by atomic mass is 10.2. The van der Waals surface area contributed by atoms with Crippen LogP contribution in [0.25, 0.3) is 0 Å². The summed E-state index contributed by atoms with van der Waals surface area (Å²) in [6.45, 7) is 8.68. The van der Waals surface area contributed by atoms with Gasteiger partial charge in [-0.3, -0.25) is 15.0 Å². The van der Waals surface area contributed by atoms with Crippen molar-refractivity contribution in [2.75, 3.05) is 26.7 Å². The zero-order valence-corrected chi connectivity index (χ0v) is 15.0. The van der Waals surface area contributed by atoms with E-state index in [1.165, 1.54) is 0 Å². The third kappa shape index (κ3) is 5.97. The molecule has 0 radical (unpaired) electrons. The predicted molar refractivity (Wildman–Crippen MR) is 89.6 cm³/mol. The Labute approximate surface area is 142 Å². The van der Waals surface area contributed by atoms with E-state index < -0.39 is 12.1 Å². The van der Waals surface area contributed by atoms with E-state index in [2.05, 4.69) is 21.3 Å². The third-order valence-corrected chi connectivity index (χ3v) is 3.83. The fourth-order valence-electron chi connectivity index (χ4n) is 2.56. The van der Waals surface area contributed by atoms with Gasteiger partial charge in [-0.1, -0.05) is 0 Å². The number of urea groups is 2. The predicted octanol–water partition coefficient (Wildman–Crippen LogP) is -0.373. The minimum atomic E-state index is -0.513. The summed E-state index contributed by atoms with van der Waals surface area (Å²) in [5.41, 5.74) is 0. The van der Waals surface area contributed by atoms with Crippen molar-refractivity contribution < 1.29 is 19.1 Å². The van der Waals surface area contributed by atoms with E-state index in [-0.39, 0.29) is 30.1 Å². The molecule has 0 aromatic carbocycles. The zero-order chi connectivity index (χ0) is 18.3. The van der Waals surface area contributed by atoms with E-state index in [1.54, 1.807) is 14.0 Å². The van der Waals surface area contributed by atoms with Gasteiger partial charge in [0.15, 0.2) is 0 Å². The number of carbonyl (C=O) groups is 3. The highest BCUT2D eigenvalue weighted by molar-refractivity contribution is 5.96. The van der Waals surface area contributed by atoms with Crippen molar-refractivity contribution in [3.8, 4) is 0 Å². The summed E-state index contributed by atoms with van der Waals surface area (Å²) in [5, 5.41) is 10.4. The number of hydrogen-bond acceptors (Lipinski definition) is 5. The number of imide groups is 1. The molecule has 9 heteroatoms. The topological polar surface area (TPSA) is 112 Å². The molecular weight excluding hydrogens is 314 g/mol. The Morgan fingerprint density at radius 3 is 2.38 bits per heavy atom. The van der Waals surface area contributed by atoms with Crippen LogP contribution in [0.15, 0.2) is 0 Å². The molecule has 9 nitrogen and oxygen atoms in total. The smallest absolute Gasteiger partial charge is 0.321 e. The molecule has 1 aliphatic rings. The maximum Gasteiger partial charge on any atom is 0.321 e. The number of amides is 5. The van der Waals surface area contributed by atoms with Crippen LogP contribution in [0.4, 0.5) is 9.59 Å². The van der Waals surface area contributed by atoms with Gasteiger partial charge < -0.3 is 20.7 Å². The van der Waals surface area contributed by atoms with Gasteiger partial charge in [-0.15, -0.1) is 0 Å². The van der Waals surface area contributed by atoms with Gasteiger partial charge >= 0.3 is 12.1 Å². The van der Waals surface area contributed by atoms with Crippen molar-refractivity contribution >= 4 is 18.0 Å². The standard InChI is InChI=1S/C15H29N5O4/c1-6-16-14(22)18-11-7-20(8-12(11)24-5)10(4)13(21)19-15(23)17-9(2)3/h9-12H,6-8H2,1-5H3,(H2,16,18,22)(H2,17,19,21,23)/t10-,11+,12-/m0/s1. The Bertz CT molecular complexity index is 457. The Hall–Kier alpha value is -1.87. The van der Waals surface area contributed by atoms with Crippen molar-refractivity contribution in [1.29, 1.82) is 0 Å². The molecule has 5 amide bonds. The summed E-state index contributed by atoms with van der Waals surface area (Å²) < 4.78 is 5.40. The van der Waals surface area contributed by atoms with Crippen molar-refractivity contribution in [3.05, 3.63) is 0 Å². The van der Waals surface area contributed by atoms with E-state index in [4.69, 9.17) is 4.74 Å². The highest BCUT2D eigenvalue weighted by Crippen LogP contribution is 2.16. The quantitative estimate of drug-likeness (QED) is 0.526. The Morgan fingerprint density at radius 2 is 1.83 bits per heavy atom. The Morgan fingerprint density at radius 1 is 1.17 bits per heavy atom. The first-order valence-electron chi connectivity index (χ1n) is 8.21. The van der Waals surface area contributed by atoms with Crippen LogP contribution in [0, 0.1) is 0 Å². The summed E-state index contributed by atoms with van der Waals surface area (Å²) >= 11 is 0. The van der Waals surface area contributed by atoms with Gasteiger partial charge in [-0.25, -0.2) is 9.59 Å². The van der Waals surface area contributed by atoms with Gasteiger partial charge in [0, 0.05) is 32.8 Å². The lowest BCUT2D eigenvalue weighted by Gasteiger charge is -2.23. The molecule has 1 heterocycles. The van der Waals surface area contributed by atoms with Crippen LogP contribution in [0.5, 0.6) is 0 Å². The number of methoxy groups -OCH3 is 1. The number of hydrogen-bond donors (Lipinski definition) is 4. The minimum Gasteiger partial charge on any atom is -0.378 e. The van der Waals surface area contributed by atoms with Gasteiger partial charge in [0.05, 0.1) is 18.2 Å². The van der Waals surface area contributed by atoms with Gasteiger partial charge in [0.2, 0.25) is 5.91 Å². The Kier molecular flexibility index (Phi) is 7.93. The first-order valence-corrected chi connectivity index (χ1v) is 8.21. The second-order valence-corrected chi connectivity index (χ2v) is 6.13. The second-order valence-electron chi connectivity index (χ2n) is 6.13. The molecule has 138 valence electrons. The molecule has 1 rings (SSSR count). The first-order chi connectivity index (χ1) is 11.3. The van der Waals surface area contributed by atoms with Gasteiger partial charge in [0.1, 0.15) is 0 Å². The number of nitrogens with one attached hydrogen (secondary N) is 4. The summed E-state index contributed by atoms with van der Waals surface area (Å²) in [6.07, 6.45) is -0.215. The second kappa shape index (κ2) is 9.43. The molecule has 24 heavy (non-hydrogen) atoms. The average Bonchev–Trinajstić information content (AvgIpc) is 2.88. The highest BCUT2D eigenvalue weighted by atomic mass is 16.5. The van der Waals surface area contributed by atoms with Crippen molar-refractivity contribution in [3.63, 3.8) is 0 Å². The first kappa shape index (κ1) is 20.2. The molecule has 0 aromatic rings. The third-order valence-electron chi connectivity index (χ3n) is 3.83. The van der Waals surface area contributed by atoms with E-state index in [9.17, 15) is 14.4 Å². The summed E-state index contributed by atoms with van der Waals surface area (Å²) in [6, 6.07) is -1.56. The highest BCUT2D eigenvalue weighted by Gasteiger charge is 2.38. The number of carbonyl (C=O) groups excluding carboxylic acids is 3. The van der Waals surface area contributed by atoms with E-state index >= 15 is 0 Å². The maximum atomic E-state index is 12.2. The molecular formula is C15H29N5O4. The molecule has 0 bridgehead atoms. The van der Waals surface area contributed by atoms with Crippen LogP contribution < -0.4 is 21.3 Å². The SMILES string of the molecule is CCNC(=O)N[C@@H]1CN([C@@H](C)C(=O)NC(=O)NC(C)C)C[C@@H]1OC. The van der Waals surface area contributed by atoms with E-state index in [0.717, 1.165) is 0 Å². The number of nitrogens with zero attached hydrogens (tertiary/aromatic N) is 1. The van der Waals surface area contributed by atoms with Crippen LogP contribution in [-0.4, -0.2) is 73.8 Å². The normalized spacial score (nSPS) is 22.1. The monoisotopic (exact) mass is 343 g/mol. The van der Waals surface area contributed by atoms with Crippen LogP contribution in [0.2, 0.25) is 0 Å². The van der Waals surface area contributed by atoms with Crippen molar-refractivity contribution in [2.45, 2.75) is 51.9 Å². The van der Waals surface area contributed by atoms with Crippen LogP contribution >= 0.6 is 0 Å². The Balaban J connectivity index is 2.58. The van der Waals surface area contributed by atoms with E-state index in [0.29, 0.717) is 19.6 Å². The number of ether oxygens (including phenoxy) is 1. The fourth-order valence-corrected chi connectivity index (χ4v) is 2.56. The lowest BCUT2D eigenvalue weighted by Crippen LogP contribution is -2.51. The minimum absolute atomic E-state index is 0.0524. The average molecular weight is 343 g/mol. The molecule has 3 atom stereocenters. The zero-order valence-electron chi connectivity index (χ0n) is 15.0. The molecule has 1 saturated heterocycles. The molecule has 0 spiro atoms. The van der Waals surface area contributed by atoms with Crippen molar-refractivity contribution in [1.82, 2.24) is 26.2 Å². The molecule has 0 aromatic heterocycles. The summed E-state index contributed by atoms with van der Waals surface area (Å²) in [5.74, 6) is -0.387. The molecule has 1 aliphatic heterocycles. The molecule has 0 unspecified atom stereocenters. The molecule has 0 saturated carbocycles. The number of rotatable bonds is 6. The van der Waals surface area contributed by atoms with Crippen molar-refractivity contribution in [2.24, 2.45) is 0 Å². The van der Waals surface area contributed by atoms with Crippen LogP contribution in [0.1, 0.15) is 27.7 Å². The van der Waals surface area contributed by atoms with E-state index in [1.807, 2.05) is 25.7 Å². The maximum absolute atomic E-state index is 12.2.